The number of sulfone groups is 1. The van der Waals surface area contributed by atoms with Gasteiger partial charge in [0.1, 0.15) is 10.6 Å². The third-order valence-electron chi connectivity index (χ3n) is 7.87. The van der Waals surface area contributed by atoms with Crippen LogP contribution in [0.15, 0.2) is 47.4 Å². The number of fused-ring (bicyclic) bond motifs is 3. The van der Waals surface area contributed by atoms with E-state index in [0.717, 1.165) is 36.4 Å². The number of aliphatic hydroxyl groups excluding tert-OH is 1. The third-order valence-corrected chi connectivity index (χ3v) is 10.5. The van der Waals surface area contributed by atoms with Crippen LogP contribution in [0.4, 0.5) is 22.0 Å². The summed E-state index contributed by atoms with van der Waals surface area (Å²) >= 11 is 0. The topological polar surface area (TPSA) is 83.5 Å². The summed E-state index contributed by atoms with van der Waals surface area (Å²) in [6.45, 7) is 1.71. The van der Waals surface area contributed by atoms with E-state index in [1.165, 1.54) is 6.07 Å². The summed E-state index contributed by atoms with van der Waals surface area (Å²) in [7, 11) is -4.28. The van der Waals surface area contributed by atoms with Crippen LogP contribution >= 0.6 is 0 Å². The highest BCUT2D eigenvalue weighted by Crippen LogP contribution is 2.59. The molecule has 37 heavy (non-hydrogen) atoms. The van der Waals surface area contributed by atoms with Crippen LogP contribution in [0.5, 0.6) is 0 Å². The van der Waals surface area contributed by atoms with Crippen molar-refractivity contribution in [3.05, 3.63) is 65.0 Å². The molecule has 2 aromatic rings. The lowest BCUT2D eigenvalue weighted by Gasteiger charge is -2.42. The van der Waals surface area contributed by atoms with Gasteiger partial charge in [0.15, 0.2) is 9.84 Å². The first-order chi connectivity index (χ1) is 17.2. The number of aryl methyl sites for hydroxylation is 1. The Morgan fingerprint density at radius 3 is 2.38 bits per heavy atom. The van der Waals surface area contributed by atoms with Crippen molar-refractivity contribution < 1.29 is 40.3 Å². The van der Waals surface area contributed by atoms with E-state index in [9.17, 15) is 40.3 Å². The van der Waals surface area contributed by atoms with Crippen LogP contribution in [0, 0.1) is 17.7 Å². The van der Waals surface area contributed by atoms with Crippen LogP contribution in [0.25, 0.3) is 0 Å². The SMILES string of the molecule is C[C@@H](CO)NC(=O)[C@@H]1CC[C@@]2(S(=O)(=O)c3ccc(F)cc3)c3ccc(C(C)(F)C(F)(F)F)cc3CC[C@@H]12. The second kappa shape index (κ2) is 9.34. The predicted octanol–water partition coefficient (Wildman–Crippen LogP) is 4.71. The van der Waals surface area contributed by atoms with Gasteiger partial charge in [-0.1, -0.05) is 18.2 Å². The Morgan fingerprint density at radius 1 is 1.14 bits per heavy atom. The Balaban J connectivity index is 1.89. The van der Waals surface area contributed by atoms with E-state index in [1.807, 2.05) is 0 Å². The average molecular weight is 546 g/mol. The van der Waals surface area contributed by atoms with Gasteiger partial charge in [-0.2, -0.15) is 13.2 Å². The largest absolute Gasteiger partial charge is 0.426 e. The molecule has 4 rings (SSSR count). The molecule has 1 amide bonds. The summed E-state index contributed by atoms with van der Waals surface area (Å²) in [5.74, 6) is -2.53. The molecule has 1 fully saturated rings. The number of hydrogen-bond donors (Lipinski definition) is 2. The first kappa shape index (κ1) is 27.5. The van der Waals surface area contributed by atoms with E-state index in [1.54, 1.807) is 6.92 Å². The highest BCUT2D eigenvalue weighted by molar-refractivity contribution is 7.92. The fraction of sp³-hybridized carbons (Fsp3) is 0.500. The van der Waals surface area contributed by atoms with Crippen LogP contribution in [0.2, 0.25) is 0 Å². The van der Waals surface area contributed by atoms with Gasteiger partial charge in [0.2, 0.25) is 11.6 Å². The van der Waals surface area contributed by atoms with E-state index in [-0.39, 0.29) is 48.3 Å². The van der Waals surface area contributed by atoms with Crippen LogP contribution in [-0.4, -0.2) is 38.3 Å². The number of carbonyl (C=O) groups excluding carboxylic acids is 1. The number of hydrogen-bond acceptors (Lipinski definition) is 4. The van der Waals surface area contributed by atoms with Crippen LogP contribution in [0.3, 0.4) is 0 Å². The van der Waals surface area contributed by atoms with E-state index in [2.05, 4.69) is 5.32 Å². The molecule has 2 aliphatic carbocycles. The minimum Gasteiger partial charge on any atom is -0.394 e. The van der Waals surface area contributed by atoms with Gasteiger partial charge in [-0.3, -0.25) is 4.79 Å². The number of halogens is 5. The minimum absolute atomic E-state index is 0.00147. The maximum absolute atomic E-state index is 14.8. The summed E-state index contributed by atoms with van der Waals surface area (Å²) in [6, 6.07) is 6.97. The second-order valence-corrected chi connectivity index (χ2v) is 12.3. The monoisotopic (exact) mass is 545 g/mol. The molecule has 0 aromatic heterocycles. The van der Waals surface area contributed by atoms with Crippen molar-refractivity contribution in [3.8, 4) is 0 Å². The molecule has 1 unspecified atom stereocenters. The van der Waals surface area contributed by atoms with Gasteiger partial charge in [0, 0.05) is 12.0 Å². The molecule has 5 atom stereocenters. The third kappa shape index (κ3) is 4.33. The summed E-state index contributed by atoms with van der Waals surface area (Å²) in [5, 5.41) is 12.0. The second-order valence-electron chi connectivity index (χ2n) is 10.1. The zero-order chi connectivity index (χ0) is 27.4. The molecule has 2 aromatic carbocycles. The van der Waals surface area contributed by atoms with Gasteiger partial charge in [-0.05, 0) is 86.4 Å². The lowest BCUT2D eigenvalue weighted by atomic mass is 9.72. The fourth-order valence-electron chi connectivity index (χ4n) is 5.84. The summed E-state index contributed by atoms with van der Waals surface area (Å²) in [5.41, 5.74) is -3.76. The van der Waals surface area contributed by atoms with Gasteiger partial charge >= 0.3 is 6.18 Å². The van der Waals surface area contributed by atoms with Crippen molar-refractivity contribution in [2.75, 3.05) is 6.61 Å². The maximum atomic E-state index is 14.8. The molecule has 0 heterocycles. The summed E-state index contributed by atoms with van der Waals surface area (Å²) in [6.07, 6.45) is -4.67. The summed E-state index contributed by atoms with van der Waals surface area (Å²) < 4.78 is 95.3. The molecule has 0 radical (unpaired) electrons. The molecule has 0 bridgehead atoms. The number of alkyl halides is 4. The van der Waals surface area contributed by atoms with Crippen molar-refractivity contribution in [1.29, 1.82) is 0 Å². The van der Waals surface area contributed by atoms with Crippen LogP contribution in [0.1, 0.15) is 49.8 Å². The lowest BCUT2D eigenvalue weighted by molar-refractivity contribution is -0.228. The highest BCUT2D eigenvalue weighted by atomic mass is 32.2. The molecule has 0 spiro atoms. The molecular weight excluding hydrogens is 517 g/mol. The smallest absolute Gasteiger partial charge is 0.394 e. The summed E-state index contributed by atoms with van der Waals surface area (Å²) in [4.78, 5) is 12.9. The van der Waals surface area contributed by atoms with Crippen LogP contribution < -0.4 is 5.32 Å². The van der Waals surface area contributed by atoms with Gasteiger partial charge in [-0.15, -0.1) is 0 Å². The number of aliphatic hydroxyl groups is 1. The van der Waals surface area contributed by atoms with Crippen molar-refractivity contribution in [2.24, 2.45) is 11.8 Å². The van der Waals surface area contributed by atoms with Crippen molar-refractivity contribution >= 4 is 15.7 Å². The van der Waals surface area contributed by atoms with E-state index >= 15 is 0 Å². The van der Waals surface area contributed by atoms with Gasteiger partial charge in [0.05, 0.1) is 11.5 Å². The zero-order valence-electron chi connectivity index (χ0n) is 20.3. The predicted molar refractivity (Wildman–Crippen MR) is 125 cm³/mol. The fourth-order valence-corrected chi connectivity index (χ4v) is 8.31. The first-order valence-electron chi connectivity index (χ1n) is 12.0. The molecule has 5 nitrogen and oxygen atoms in total. The number of carbonyl (C=O) groups is 1. The van der Waals surface area contributed by atoms with Gasteiger partial charge in [0.25, 0.3) is 0 Å². The van der Waals surface area contributed by atoms with Gasteiger partial charge < -0.3 is 10.4 Å². The zero-order valence-corrected chi connectivity index (χ0v) is 21.1. The Kier molecular flexibility index (Phi) is 6.94. The number of amides is 1. The molecule has 11 heteroatoms. The van der Waals surface area contributed by atoms with Gasteiger partial charge in [-0.25, -0.2) is 17.2 Å². The highest BCUT2D eigenvalue weighted by Gasteiger charge is 2.62. The molecule has 1 saturated carbocycles. The van der Waals surface area contributed by atoms with Crippen LogP contribution in [-0.2, 0) is 31.5 Å². The van der Waals surface area contributed by atoms with Crippen molar-refractivity contribution in [2.45, 2.75) is 67.1 Å². The van der Waals surface area contributed by atoms with E-state index in [0.29, 0.717) is 6.92 Å². The quantitative estimate of drug-likeness (QED) is 0.407. The number of nitrogens with one attached hydrogen (secondary N) is 1. The normalized spacial score (nSPS) is 26.1. The molecule has 2 N–H and O–H groups in total. The molecular formula is C26H28F5NO4S. The van der Waals surface area contributed by atoms with Crippen molar-refractivity contribution in [1.82, 2.24) is 5.32 Å². The Labute approximate surface area is 212 Å². The lowest BCUT2D eigenvalue weighted by Crippen LogP contribution is -2.48. The molecule has 202 valence electrons. The Bertz CT molecular complexity index is 1290. The van der Waals surface area contributed by atoms with E-state index in [4.69, 9.17) is 0 Å². The number of rotatable bonds is 6. The maximum Gasteiger partial charge on any atom is 0.426 e. The molecule has 0 saturated heterocycles. The Hall–Kier alpha value is -2.53. The van der Waals surface area contributed by atoms with Crippen molar-refractivity contribution in [3.63, 3.8) is 0 Å². The standard InChI is InChI=1S/C26H28F5NO4S/c1-15(14-33)32-23(34)20-11-12-25(37(35,36)19-7-5-18(27)6-8-19)21-10-4-17(24(2,28)26(29,30)31)13-16(21)3-9-22(20)25/h4-8,10,13,15,20,22,33H,3,9,11-12,14H2,1-2H3,(H,32,34)/t15-,20+,22-,24?,25+/m0/s1. The number of benzene rings is 2. The van der Waals surface area contributed by atoms with E-state index < -0.39 is 61.6 Å². The molecule has 2 aliphatic rings. The first-order valence-corrected chi connectivity index (χ1v) is 13.5. The average Bonchev–Trinajstić information content (AvgIpc) is 3.25. The minimum atomic E-state index is -5.17. The molecule has 0 aliphatic heterocycles. The Morgan fingerprint density at radius 2 is 1.78 bits per heavy atom.